The molecule has 0 N–H and O–H groups in total. The van der Waals surface area contributed by atoms with Crippen molar-refractivity contribution in [2.24, 2.45) is 7.05 Å². The first-order valence-electron chi connectivity index (χ1n) is 7.33. The molecule has 0 fully saturated rings. The summed E-state index contributed by atoms with van der Waals surface area (Å²) in [5.41, 5.74) is 1.53. The molecular weight excluding hydrogens is 298 g/mol. The summed E-state index contributed by atoms with van der Waals surface area (Å²) in [6.07, 6.45) is 3.65. The number of nitrogens with zero attached hydrogens (tertiary/aromatic N) is 3. The number of amides is 1. The Bertz CT molecular complexity index is 698. The molecule has 3 rings (SSSR count). The van der Waals surface area contributed by atoms with E-state index in [0.717, 1.165) is 5.56 Å². The highest BCUT2D eigenvalue weighted by Crippen LogP contribution is 2.32. The van der Waals surface area contributed by atoms with Gasteiger partial charge < -0.3 is 19.1 Å². The molecule has 122 valence electrons. The van der Waals surface area contributed by atoms with Gasteiger partial charge in [-0.2, -0.15) is 5.10 Å². The quantitative estimate of drug-likeness (QED) is 0.806. The maximum Gasteiger partial charge on any atom is 0.254 e. The normalized spacial score (nSPS) is 12.4. The lowest BCUT2D eigenvalue weighted by Gasteiger charge is -2.22. The summed E-state index contributed by atoms with van der Waals surface area (Å²) in [5, 5.41) is 4.14. The number of carbonyl (C=O) groups is 1. The Balaban J connectivity index is 1.79. The van der Waals surface area contributed by atoms with Crippen LogP contribution in [0, 0.1) is 0 Å². The molecule has 0 bridgehead atoms. The van der Waals surface area contributed by atoms with Crippen molar-refractivity contribution in [2.75, 3.05) is 27.1 Å². The van der Waals surface area contributed by atoms with E-state index in [0.29, 0.717) is 36.8 Å². The van der Waals surface area contributed by atoms with E-state index in [1.807, 2.05) is 13.2 Å². The molecule has 1 amide bonds. The molecule has 23 heavy (non-hydrogen) atoms. The molecule has 0 aliphatic carbocycles. The van der Waals surface area contributed by atoms with Crippen LogP contribution < -0.4 is 9.47 Å². The van der Waals surface area contributed by atoms with Crippen molar-refractivity contribution in [3.63, 3.8) is 0 Å². The molecule has 1 aromatic carbocycles. The van der Waals surface area contributed by atoms with Gasteiger partial charge in [0.2, 0.25) is 6.79 Å². The van der Waals surface area contributed by atoms with Crippen LogP contribution in [0.5, 0.6) is 11.5 Å². The minimum atomic E-state index is -0.0794. The van der Waals surface area contributed by atoms with Gasteiger partial charge in [-0.1, -0.05) is 0 Å². The third-order valence-electron chi connectivity index (χ3n) is 3.60. The van der Waals surface area contributed by atoms with Crippen LogP contribution in [0.3, 0.4) is 0 Å². The maximum atomic E-state index is 12.8. The van der Waals surface area contributed by atoms with Crippen LogP contribution in [-0.4, -0.2) is 47.6 Å². The molecule has 0 atom stereocenters. The lowest BCUT2D eigenvalue weighted by Crippen LogP contribution is -2.33. The van der Waals surface area contributed by atoms with Crippen LogP contribution in [0.1, 0.15) is 15.9 Å². The van der Waals surface area contributed by atoms with Gasteiger partial charge in [-0.15, -0.1) is 0 Å². The van der Waals surface area contributed by atoms with E-state index in [2.05, 4.69) is 5.10 Å². The first-order valence-corrected chi connectivity index (χ1v) is 7.33. The van der Waals surface area contributed by atoms with E-state index in [1.54, 1.807) is 41.1 Å². The fourth-order valence-corrected chi connectivity index (χ4v) is 2.44. The first kappa shape index (κ1) is 15.4. The van der Waals surface area contributed by atoms with Gasteiger partial charge >= 0.3 is 0 Å². The molecule has 1 aromatic heterocycles. The number of benzene rings is 1. The molecule has 7 heteroatoms. The van der Waals surface area contributed by atoms with Crippen LogP contribution in [0.2, 0.25) is 0 Å². The van der Waals surface area contributed by atoms with Crippen molar-refractivity contribution in [3.05, 3.63) is 41.7 Å². The number of hydrogen-bond acceptors (Lipinski definition) is 5. The second kappa shape index (κ2) is 6.70. The summed E-state index contributed by atoms with van der Waals surface area (Å²) in [7, 11) is 3.47. The largest absolute Gasteiger partial charge is 0.454 e. The average molecular weight is 317 g/mol. The predicted molar refractivity (Wildman–Crippen MR) is 82.4 cm³/mol. The summed E-state index contributed by atoms with van der Waals surface area (Å²) >= 11 is 0. The summed E-state index contributed by atoms with van der Waals surface area (Å²) < 4.78 is 17.5. The molecular formula is C16H19N3O4. The number of carbonyl (C=O) groups excluding carboxylic acids is 1. The number of hydrogen-bond donors (Lipinski definition) is 0. The van der Waals surface area contributed by atoms with E-state index in [4.69, 9.17) is 14.2 Å². The third kappa shape index (κ3) is 3.45. The van der Waals surface area contributed by atoms with Gasteiger partial charge in [-0.05, 0) is 18.2 Å². The number of methoxy groups -OCH3 is 1. The van der Waals surface area contributed by atoms with Crippen molar-refractivity contribution in [1.29, 1.82) is 0 Å². The number of ether oxygens (including phenoxy) is 3. The Labute approximate surface area is 134 Å². The topological polar surface area (TPSA) is 65.8 Å². The van der Waals surface area contributed by atoms with Crippen molar-refractivity contribution in [3.8, 4) is 11.5 Å². The second-order valence-electron chi connectivity index (χ2n) is 5.31. The van der Waals surface area contributed by atoms with Crippen LogP contribution in [0.25, 0.3) is 0 Å². The van der Waals surface area contributed by atoms with Gasteiger partial charge in [0.05, 0.1) is 12.8 Å². The van der Waals surface area contributed by atoms with Gasteiger partial charge in [0, 0.05) is 44.6 Å². The highest BCUT2D eigenvalue weighted by Gasteiger charge is 2.20. The van der Waals surface area contributed by atoms with Gasteiger partial charge in [0.25, 0.3) is 5.91 Å². The Kier molecular flexibility index (Phi) is 4.47. The van der Waals surface area contributed by atoms with Crippen molar-refractivity contribution >= 4 is 5.91 Å². The third-order valence-corrected chi connectivity index (χ3v) is 3.60. The van der Waals surface area contributed by atoms with Gasteiger partial charge in [-0.3, -0.25) is 9.48 Å². The zero-order valence-corrected chi connectivity index (χ0v) is 13.2. The lowest BCUT2D eigenvalue weighted by atomic mass is 10.1. The zero-order chi connectivity index (χ0) is 16.2. The molecule has 0 unspecified atom stereocenters. The molecule has 1 aliphatic heterocycles. The molecule has 0 saturated carbocycles. The van der Waals surface area contributed by atoms with Crippen molar-refractivity contribution in [1.82, 2.24) is 14.7 Å². The summed E-state index contributed by atoms with van der Waals surface area (Å²) in [6.45, 7) is 1.63. The monoisotopic (exact) mass is 317 g/mol. The average Bonchev–Trinajstić information content (AvgIpc) is 3.18. The van der Waals surface area contributed by atoms with E-state index in [9.17, 15) is 4.79 Å². The molecule has 7 nitrogen and oxygen atoms in total. The first-order chi connectivity index (χ1) is 11.2. The highest BCUT2D eigenvalue weighted by molar-refractivity contribution is 5.95. The van der Waals surface area contributed by atoms with E-state index < -0.39 is 0 Å². The summed E-state index contributed by atoms with van der Waals surface area (Å²) in [6, 6.07) is 5.22. The minimum absolute atomic E-state index is 0.0794. The fourth-order valence-electron chi connectivity index (χ4n) is 2.44. The number of fused-ring (bicyclic) bond motifs is 1. The SMILES string of the molecule is COCCN(Cc1cnn(C)c1)C(=O)c1ccc2c(c1)OCO2. The van der Waals surface area contributed by atoms with Gasteiger partial charge in [0.15, 0.2) is 11.5 Å². The van der Waals surface area contributed by atoms with Crippen molar-refractivity contribution in [2.45, 2.75) is 6.54 Å². The lowest BCUT2D eigenvalue weighted by molar-refractivity contribution is 0.0680. The van der Waals surface area contributed by atoms with E-state index in [-0.39, 0.29) is 12.7 Å². The molecule has 0 spiro atoms. The smallest absolute Gasteiger partial charge is 0.254 e. The van der Waals surface area contributed by atoms with E-state index >= 15 is 0 Å². The number of aromatic nitrogens is 2. The van der Waals surface area contributed by atoms with Crippen molar-refractivity contribution < 1.29 is 19.0 Å². The molecule has 0 saturated heterocycles. The fraction of sp³-hybridized carbons (Fsp3) is 0.375. The van der Waals surface area contributed by atoms with Gasteiger partial charge in [-0.25, -0.2) is 0 Å². The maximum absolute atomic E-state index is 12.8. The predicted octanol–water partition coefficient (Wildman–Crippen LogP) is 1.44. The van der Waals surface area contributed by atoms with Crippen LogP contribution >= 0.6 is 0 Å². The van der Waals surface area contributed by atoms with Crippen LogP contribution in [-0.2, 0) is 18.3 Å². The van der Waals surface area contributed by atoms with Gasteiger partial charge in [0.1, 0.15) is 0 Å². The molecule has 2 aromatic rings. The highest BCUT2D eigenvalue weighted by atomic mass is 16.7. The van der Waals surface area contributed by atoms with Crippen LogP contribution in [0.4, 0.5) is 0 Å². The molecule has 1 aliphatic rings. The number of rotatable bonds is 6. The summed E-state index contributed by atoms with van der Waals surface area (Å²) in [5.74, 6) is 1.19. The summed E-state index contributed by atoms with van der Waals surface area (Å²) in [4.78, 5) is 14.5. The minimum Gasteiger partial charge on any atom is -0.454 e. The second-order valence-corrected chi connectivity index (χ2v) is 5.31. The van der Waals surface area contributed by atoms with E-state index in [1.165, 1.54) is 0 Å². The Morgan fingerprint density at radius 2 is 2.22 bits per heavy atom. The Morgan fingerprint density at radius 3 is 2.96 bits per heavy atom. The standard InChI is InChI=1S/C16H19N3O4/c1-18-9-12(8-17-18)10-19(5-6-21-2)16(20)13-3-4-14-15(7-13)23-11-22-14/h3-4,7-9H,5-6,10-11H2,1-2H3. The van der Waals surface area contributed by atoms with Crippen LogP contribution in [0.15, 0.2) is 30.6 Å². The Hall–Kier alpha value is -2.54. The molecule has 2 heterocycles. The Morgan fingerprint density at radius 1 is 1.39 bits per heavy atom. The number of aryl methyl sites for hydroxylation is 1. The zero-order valence-electron chi connectivity index (χ0n) is 13.2. The molecule has 0 radical (unpaired) electrons.